The topological polar surface area (TPSA) is 76.7 Å². The van der Waals surface area contributed by atoms with Crippen molar-refractivity contribution >= 4 is 17.5 Å². The lowest BCUT2D eigenvalue weighted by molar-refractivity contribution is -0.125. The van der Waals surface area contributed by atoms with Crippen molar-refractivity contribution in [2.45, 2.75) is 26.2 Å². The van der Waals surface area contributed by atoms with Crippen LogP contribution < -0.4 is 20.1 Å². The Hall–Kier alpha value is -2.24. The molecule has 0 aromatic heterocycles. The second kappa shape index (κ2) is 7.85. The highest BCUT2D eigenvalue weighted by Crippen LogP contribution is 2.40. The van der Waals surface area contributed by atoms with Crippen molar-refractivity contribution in [1.82, 2.24) is 5.32 Å². The van der Waals surface area contributed by atoms with Crippen LogP contribution in [0.5, 0.6) is 11.5 Å². The second-order valence-electron chi connectivity index (χ2n) is 5.65. The van der Waals surface area contributed by atoms with E-state index in [4.69, 9.17) is 9.47 Å². The summed E-state index contributed by atoms with van der Waals surface area (Å²) in [5.74, 6) is 0.533. The zero-order valence-corrected chi connectivity index (χ0v) is 13.8. The molecular weight excluding hydrogens is 296 g/mol. The summed E-state index contributed by atoms with van der Waals surface area (Å²) in [5.41, 5.74) is 0.579. The minimum atomic E-state index is -0.261. The first-order chi connectivity index (χ1) is 11.1. The van der Waals surface area contributed by atoms with Gasteiger partial charge < -0.3 is 20.1 Å². The second-order valence-corrected chi connectivity index (χ2v) is 5.65. The minimum Gasteiger partial charge on any atom is -0.497 e. The van der Waals surface area contributed by atoms with Gasteiger partial charge in [-0.2, -0.15) is 0 Å². The molecule has 2 unspecified atom stereocenters. The van der Waals surface area contributed by atoms with Crippen molar-refractivity contribution < 1.29 is 19.1 Å². The van der Waals surface area contributed by atoms with Crippen LogP contribution in [0.15, 0.2) is 18.2 Å². The predicted molar refractivity (Wildman–Crippen MR) is 87.7 cm³/mol. The fourth-order valence-electron chi connectivity index (χ4n) is 2.42. The van der Waals surface area contributed by atoms with Crippen molar-refractivity contribution in [3.8, 4) is 11.5 Å². The molecule has 0 aliphatic heterocycles. The molecule has 1 aliphatic rings. The Morgan fingerprint density at radius 1 is 1.17 bits per heavy atom. The van der Waals surface area contributed by atoms with E-state index in [-0.39, 0.29) is 23.7 Å². The van der Waals surface area contributed by atoms with E-state index in [1.54, 1.807) is 25.3 Å². The van der Waals surface area contributed by atoms with Gasteiger partial charge in [-0.05, 0) is 25.0 Å². The number of rotatable bonds is 8. The molecule has 0 heterocycles. The van der Waals surface area contributed by atoms with E-state index in [0.29, 0.717) is 30.2 Å². The molecule has 6 heteroatoms. The molecule has 23 heavy (non-hydrogen) atoms. The molecule has 1 aromatic carbocycles. The van der Waals surface area contributed by atoms with E-state index in [1.165, 1.54) is 7.11 Å². The average Bonchev–Trinajstić information content (AvgIpc) is 3.36. The lowest BCUT2D eigenvalue weighted by Gasteiger charge is -2.11. The zero-order valence-electron chi connectivity index (χ0n) is 13.8. The van der Waals surface area contributed by atoms with Crippen LogP contribution in [0.1, 0.15) is 26.2 Å². The predicted octanol–water partition coefficient (Wildman–Crippen LogP) is 2.19. The third-order valence-corrected chi connectivity index (χ3v) is 3.96. The molecule has 6 nitrogen and oxygen atoms in total. The highest BCUT2D eigenvalue weighted by Gasteiger charge is 2.48. The Morgan fingerprint density at radius 3 is 2.57 bits per heavy atom. The Kier molecular flexibility index (Phi) is 5.84. The number of nitrogens with one attached hydrogen (secondary N) is 2. The Morgan fingerprint density at radius 2 is 1.91 bits per heavy atom. The van der Waals surface area contributed by atoms with Crippen LogP contribution in [0.3, 0.4) is 0 Å². The normalized spacial score (nSPS) is 18.9. The van der Waals surface area contributed by atoms with Gasteiger partial charge in [0.2, 0.25) is 11.8 Å². The number of hydrogen-bond donors (Lipinski definition) is 2. The maximum atomic E-state index is 12.3. The van der Waals surface area contributed by atoms with E-state index >= 15 is 0 Å². The Balaban J connectivity index is 1.90. The molecule has 1 aliphatic carbocycles. The molecule has 2 N–H and O–H groups in total. The molecule has 2 atom stereocenters. The number of carbonyl (C=O) groups excluding carboxylic acids is 2. The molecule has 2 amide bonds. The smallest absolute Gasteiger partial charge is 0.228 e. The minimum absolute atomic E-state index is 0.0275. The summed E-state index contributed by atoms with van der Waals surface area (Å²) in [5, 5.41) is 5.70. The van der Waals surface area contributed by atoms with Gasteiger partial charge in [0, 0.05) is 12.6 Å². The SMILES string of the molecule is CCCCNC(=O)C1CC1C(=O)Nc1ccc(OC)cc1OC. The summed E-state index contributed by atoms with van der Waals surface area (Å²) in [4.78, 5) is 24.2. The standard InChI is InChI=1S/C17H24N2O4/c1-4-5-8-18-16(20)12-10-13(12)17(21)19-14-7-6-11(22-2)9-15(14)23-3/h6-7,9,12-13H,4-5,8,10H2,1-3H3,(H,18,20)(H,19,21). The van der Waals surface area contributed by atoms with Crippen LogP contribution in [0, 0.1) is 11.8 Å². The zero-order chi connectivity index (χ0) is 16.8. The summed E-state index contributed by atoms with van der Waals surface area (Å²) in [6.45, 7) is 2.74. The van der Waals surface area contributed by atoms with Gasteiger partial charge in [-0.1, -0.05) is 13.3 Å². The van der Waals surface area contributed by atoms with E-state index in [1.807, 2.05) is 0 Å². The van der Waals surface area contributed by atoms with Gasteiger partial charge in [0.25, 0.3) is 0 Å². The number of methoxy groups -OCH3 is 2. The van der Waals surface area contributed by atoms with Crippen molar-refractivity contribution in [1.29, 1.82) is 0 Å². The van der Waals surface area contributed by atoms with Crippen molar-refractivity contribution in [2.75, 3.05) is 26.1 Å². The molecule has 1 fully saturated rings. The van der Waals surface area contributed by atoms with E-state index < -0.39 is 0 Å². The number of ether oxygens (including phenoxy) is 2. The van der Waals surface area contributed by atoms with Crippen molar-refractivity contribution in [3.05, 3.63) is 18.2 Å². The first-order valence-electron chi connectivity index (χ1n) is 7.91. The largest absolute Gasteiger partial charge is 0.497 e. The first-order valence-corrected chi connectivity index (χ1v) is 7.91. The number of carbonyl (C=O) groups is 2. The third kappa shape index (κ3) is 4.37. The number of anilines is 1. The number of hydrogen-bond acceptors (Lipinski definition) is 4. The van der Waals surface area contributed by atoms with Crippen LogP contribution in [-0.2, 0) is 9.59 Å². The van der Waals surface area contributed by atoms with Crippen molar-refractivity contribution in [2.24, 2.45) is 11.8 Å². The van der Waals surface area contributed by atoms with Gasteiger partial charge in [-0.15, -0.1) is 0 Å². The third-order valence-electron chi connectivity index (χ3n) is 3.96. The molecule has 0 bridgehead atoms. The van der Waals surface area contributed by atoms with E-state index in [0.717, 1.165) is 12.8 Å². The van der Waals surface area contributed by atoms with Crippen LogP contribution in [-0.4, -0.2) is 32.6 Å². The number of benzene rings is 1. The fourth-order valence-corrected chi connectivity index (χ4v) is 2.42. The summed E-state index contributed by atoms with van der Waals surface area (Å²) >= 11 is 0. The fraction of sp³-hybridized carbons (Fsp3) is 0.529. The summed E-state index contributed by atoms with van der Waals surface area (Å²) < 4.78 is 10.4. The van der Waals surface area contributed by atoms with E-state index in [9.17, 15) is 9.59 Å². The molecule has 2 rings (SSSR count). The molecule has 126 valence electrons. The number of unbranched alkanes of at least 4 members (excludes halogenated alkanes) is 1. The quantitative estimate of drug-likeness (QED) is 0.720. The number of amides is 2. The summed E-state index contributed by atoms with van der Waals surface area (Å²) in [6.07, 6.45) is 2.59. The average molecular weight is 320 g/mol. The highest BCUT2D eigenvalue weighted by atomic mass is 16.5. The van der Waals surface area contributed by atoms with Crippen LogP contribution in [0.25, 0.3) is 0 Å². The first kappa shape index (κ1) is 17.1. The Bertz CT molecular complexity index is 574. The van der Waals surface area contributed by atoms with Crippen LogP contribution in [0.4, 0.5) is 5.69 Å². The molecular formula is C17H24N2O4. The van der Waals surface area contributed by atoms with Gasteiger partial charge in [0.05, 0.1) is 31.7 Å². The van der Waals surface area contributed by atoms with Gasteiger partial charge in [0.15, 0.2) is 0 Å². The molecule has 0 spiro atoms. The highest BCUT2D eigenvalue weighted by molar-refractivity contribution is 6.00. The van der Waals surface area contributed by atoms with Gasteiger partial charge in [-0.3, -0.25) is 9.59 Å². The molecule has 0 radical (unpaired) electrons. The van der Waals surface area contributed by atoms with Crippen LogP contribution >= 0.6 is 0 Å². The van der Waals surface area contributed by atoms with Gasteiger partial charge >= 0.3 is 0 Å². The Labute approximate surface area is 136 Å². The lowest BCUT2D eigenvalue weighted by Crippen LogP contribution is -2.28. The maximum absolute atomic E-state index is 12.3. The van der Waals surface area contributed by atoms with E-state index in [2.05, 4.69) is 17.6 Å². The maximum Gasteiger partial charge on any atom is 0.228 e. The monoisotopic (exact) mass is 320 g/mol. The lowest BCUT2D eigenvalue weighted by atomic mass is 10.2. The molecule has 1 saturated carbocycles. The van der Waals surface area contributed by atoms with Gasteiger partial charge in [-0.25, -0.2) is 0 Å². The summed E-state index contributed by atoms with van der Waals surface area (Å²) in [6, 6.07) is 5.19. The van der Waals surface area contributed by atoms with Crippen LogP contribution in [0.2, 0.25) is 0 Å². The molecule has 0 saturated heterocycles. The van der Waals surface area contributed by atoms with Gasteiger partial charge in [0.1, 0.15) is 11.5 Å². The molecule has 1 aromatic rings. The summed E-state index contributed by atoms with van der Waals surface area (Å²) in [7, 11) is 3.10. The van der Waals surface area contributed by atoms with Crippen molar-refractivity contribution in [3.63, 3.8) is 0 Å².